The molecule has 0 fully saturated rings. The van der Waals surface area contributed by atoms with Crippen LogP contribution in [0.3, 0.4) is 0 Å². The summed E-state index contributed by atoms with van der Waals surface area (Å²) in [5.74, 6) is 0. The highest BCUT2D eigenvalue weighted by Crippen LogP contribution is 2.10. The zero-order chi connectivity index (χ0) is 8.55. The van der Waals surface area contributed by atoms with Crippen molar-refractivity contribution in [3.63, 3.8) is 0 Å². The summed E-state index contributed by atoms with van der Waals surface area (Å²) in [5, 5.41) is 8.72. The minimum absolute atomic E-state index is 0.424. The van der Waals surface area contributed by atoms with Gasteiger partial charge in [-0.3, -0.25) is 0 Å². The number of hydrogen-bond donors (Lipinski definition) is 0. The van der Waals surface area contributed by atoms with Crippen LogP contribution in [0.4, 0.5) is 0 Å². The molecule has 0 radical (unpaired) electrons. The Morgan fingerprint density at radius 3 is 3.08 bits per heavy atom. The average Bonchev–Trinajstić information content (AvgIpc) is 2.48. The van der Waals surface area contributed by atoms with Crippen LogP contribution >= 0.6 is 0 Å². The van der Waals surface area contributed by atoms with Crippen LogP contribution in [-0.2, 0) is 0 Å². The van der Waals surface area contributed by atoms with Crippen molar-refractivity contribution in [2.45, 2.75) is 6.92 Å². The molecule has 4 nitrogen and oxygen atoms in total. The largest absolute Gasteiger partial charge is 0.302 e. The first-order valence-electron chi connectivity index (χ1n) is 3.51. The molecule has 0 spiro atoms. The molecule has 2 aromatic rings. The van der Waals surface area contributed by atoms with E-state index in [1.54, 1.807) is 23.1 Å². The van der Waals surface area contributed by atoms with Crippen molar-refractivity contribution in [3.8, 4) is 6.07 Å². The van der Waals surface area contributed by atoms with Crippen molar-refractivity contribution in [2.24, 2.45) is 0 Å². The maximum atomic E-state index is 8.72. The molecule has 2 aromatic heterocycles. The third-order valence-electron chi connectivity index (χ3n) is 1.74. The number of imidazole rings is 1. The molecule has 0 bridgehead atoms. The van der Waals surface area contributed by atoms with Crippen molar-refractivity contribution < 1.29 is 0 Å². The van der Waals surface area contributed by atoms with Gasteiger partial charge in [0.2, 0.25) is 0 Å². The molecular weight excluding hydrogens is 152 g/mol. The SMILES string of the molecule is Cc1ncn2ccnc(C#N)c12. The van der Waals surface area contributed by atoms with E-state index in [1.807, 2.05) is 13.0 Å². The predicted molar refractivity (Wildman–Crippen MR) is 42.4 cm³/mol. The van der Waals surface area contributed by atoms with E-state index in [-0.39, 0.29) is 0 Å². The van der Waals surface area contributed by atoms with E-state index >= 15 is 0 Å². The summed E-state index contributed by atoms with van der Waals surface area (Å²) >= 11 is 0. The molecule has 0 aromatic carbocycles. The number of nitrogens with zero attached hydrogens (tertiary/aromatic N) is 4. The fourth-order valence-electron chi connectivity index (χ4n) is 1.18. The van der Waals surface area contributed by atoms with Crippen LogP contribution in [0.15, 0.2) is 18.7 Å². The molecule has 0 N–H and O–H groups in total. The Labute approximate surface area is 69.1 Å². The topological polar surface area (TPSA) is 54.0 Å². The summed E-state index contributed by atoms with van der Waals surface area (Å²) < 4.78 is 1.79. The van der Waals surface area contributed by atoms with Gasteiger partial charge in [-0.25, -0.2) is 9.97 Å². The van der Waals surface area contributed by atoms with Gasteiger partial charge in [0.1, 0.15) is 11.6 Å². The van der Waals surface area contributed by atoms with E-state index in [0.717, 1.165) is 11.2 Å². The highest BCUT2D eigenvalue weighted by atomic mass is 15.0. The number of fused-ring (bicyclic) bond motifs is 1. The van der Waals surface area contributed by atoms with Crippen molar-refractivity contribution in [1.29, 1.82) is 5.26 Å². The van der Waals surface area contributed by atoms with E-state index in [9.17, 15) is 0 Å². The molecule has 2 rings (SSSR count). The number of aryl methyl sites for hydroxylation is 1. The van der Waals surface area contributed by atoms with E-state index in [0.29, 0.717) is 5.69 Å². The summed E-state index contributed by atoms with van der Waals surface area (Å²) in [6.07, 6.45) is 5.04. The third-order valence-corrected chi connectivity index (χ3v) is 1.74. The zero-order valence-corrected chi connectivity index (χ0v) is 6.52. The Balaban J connectivity index is 2.96. The molecule has 58 valence electrons. The molecule has 0 aliphatic rings. The molecular formula is C8H6N4. The normalized spacial score (nSPS) is 10.0. The lowest BCUT2D eigenvalue weighted by molar-refractivity contribution is 1.10. The quantitative estimate of drug-likeness (QED) is 0.572. The van der Waals surface area contributed by atoms with Gasteiger partial charge in [0.25, 0.3) is 0 Å². The maximum Gasteiger partial charge on any atom is 0.166 e. The van der Waals surface area contributed by atoms with Crippen molar-refractivity contribution in [2.75, 3.05) is 0 Å². The fraction of sp³-hybridized carbons (Fsp3) is 0.125. The van der Waals surface area contributed by atoms with Crippen LogP contribution in [-0.4, -0.2) is 14.4 Å². The van der Waals surface area contributed by atoms with Crippen LogP contribution < -0.4 is 0 Å². The highest BCUT2D eigenvalue weighted by Gasteiger charge is 2.04. The van der Waals surface area contributed by atoms with E-state index in [1.165, 1.54) is 0 Å². The van der Waals surface area contributed by atoms with Gasteiger partial charge in [0.15, 0.2) is 5.69 Å². The zero-order valence-electron chi connectivity index (χ0n) is 6.52. The minimum Gasteiger partial charge on any atom is -0.302 e. The number of nitriles is 1. The molecule has 0 aliphatic carbocycles. The van der Waals surface area contributed by atoms with Crippen LogP contribution in [0, 0.1) is 18.3 Å². The smallest absolute Gasteiger partial charge is 0.166 e. The van der Waals surface area contributed by atoms with Crippen molar-refractivity contribution in [1.82, 2.24) is 14.4 Å². The first-order valence-corrected chi connectivity index (χ1v) is 3.51. The minimum atomic E-state index is 0.424. The average molecular weight is 158 g/mol. The van der Waals surface area contributed by atoms with Crippen molar-refractivity contribution >= 4 is 5.52 Å². The van der Waals surface area contributed by atoms with Crippen LogP contribution in [0.25, 0.3) is 5.52 Å². The number of hydrogen-bond acceptors (Lipinski definition) is 3. The van der Waals surface area contributed by atoms with Crippen molar-refractivity contribution in [3.05, 3.63) is 30.1 Å². The van der Waals surface area contributed by atoms with Gasteiger partial charge in [-0.15, -0.1) is 0 Å². The van der Waals surface area contributed by atoms with E-state index in [4.69, 9.17) is 5.26 Å². The Morgan fingerprint density at radius 2 is 2.33 bits per heavy atom. The summed E-state index contributed by atoms with van der Waals surface area (Å²) in [7, 11) is 0. The number of rotatable bonds is 0. The van der Waals surface area contributed by atoms with E-state index in [2.05, 4.69) is 9.97 Å². The van der Waals surface area contributed by atoms with E-state index < -0.39 is 0 Å². The lowest BCUT2D eigenvalue weighted by atomic mass is 10.3. The van der Waals surface area contributed by atoms with Gasteiger partial charge in [-0.1, -0.05) is 0 Å². The number of aromatic nitrogens is 3. The second-order valence-electron chi connectivity index (χ2n) is 2.47. The van der Waals surface area contributed by atoms with Gasteiger partial charge in [0, 0.05) is 12.4 Å². The standard InChI is InChI=1S/C8H6N4/c1-6-8-7(4-9)10-2-3-12(8)5-11-6/h2-3,5H,1H3. The summed E-state index contributed by atoms with van der Waals surface area (Å²) in [5.41, 5.74) is 2.05. The second-order valence-corrected chi connectivity index (χ2v) is 2.47. The maximum absolute atomic E-state index is 8.72. The molecule has 2 heterocycles. The monoisotopic (exact) mass is 158 g/mol. The highest BCUT2D eigenvalue weighted by molar-refractivity contribution is 5.60. The van der Waals surface area contributed by atoms with Gasteiger partial charge in [0.05, 0.1) is 12.0 Å². The predicted octanol–water partition coefficient (Wildman–Crippen LogP) is 0.909. The summed E-state index contributed by atoms with van der Waals surface area (Å²) in [6, 6.07) is 2.02. The van der Waals surface area contributed by atoms with Gasteiger partial charge < -0.3 is 4.40 Å². The van der Waals surface area contributed by atoms with Gasteiger partial charge in [-0.2, -0.15) is 5.26 Å². The molecule has 0 atom stereocenters. The second kappa shape index (κ2) is 2.31. The molecule has 0 saturated heterocycles. The molecule has 0 aliphatic heterocycles. The van der Waals surface area contributed by atoms with Crippen LogP contribution in [0.2, 0.25) is 0 Å². The Morgan fingerprint density at radius 1 is 1.50 bits per heavy atom. The Kier molecular flexibility index (Phi) is 1.31. The third kappa shape index (κ3) is 0.768. The van der Waals surface area contributed by atoms with Crippen LogP contribution in [0.5, 0.6) is 0 Å². The first kappa shape index (κ1) is 6.80. The van der Waals surface area contributed by atoms with Gasteiger partial charge >= 0.3 is 0 Å². The van der Waals surface area contributed by atoms with Gasteiger partial charge in [-0.05, 0) is 6.92 Å². The molecule has 12 heavy (non-hydrogen) atoms. The lowest BCUT2D eigenvalue weighted by Gasteiger charge is -1.93. The molecule has 4 heteroatoms. The fourth-order valence-corrected chi connectivity index (χ4v) is 1.18. The lowest BCUT2D eigenvalue weighted by Crippen LogP contribution is -1.90. The Hall–Kier alpha value is -1.89. The Bertz CT molecular complexity index is 463. The first-order chi connectivity index (χ1) is 5.83. The molecule has 0 saturated carbocycles. The molecule has 0 unspecified atom stereocenters. The summed E-state index contributed by atoms with van der Waals surface area (Å²) in [4.78, 5) is 8.01. The summed E-state index contributed by atoms with van der Waals surface area (Å²) in [6.45, 7) is 1.86. The van der Waals surface area contributed by atoms with Crippen LogP contribution in [0.1, 0.15) is 11.4 Å². The molecule has 0 amide bonds.